The van der Waals surface area contributed by atoms with Crippen molar-refractivity contribution in [1.82, 2.24) is 9.55 Å². The molecule has 0 saturated carbocycles. The minimum Gasteiger partial charge on any atom is -0.446 e. The number of rotatable bonds is 2. The van der Waals surface area contributed by atoms with Crippen LogP contribution >= 0.6 is 0 Å². The van der Waals surface area contributed by atoms with E-state index in [9.17, 15) is 10.1 Å². The number of benzene rings is 2. The second-order valence-electron chi connectivity index (χ2n) is 9.14. The maximum absolute atomic E-state index is 13.2. The molecular formula is C30H26N4O3. The predicted octanol–water partition coefficient (Wildman–Crippen LogP) is 7.67. The van der Waals surface area contributed by atoms with Gasteiger partial charge < -0.3 is 9.15 Å². The van der Waals surface area contributed by atoms with Crippen molar-refractivity contribution in [1.29, 1.82) is 10.5 Å². The standard InChI is InChI=1S/C28H20N4O3.C2H6/c1-28(2,3)35-27(33)32-24-10-17(14-29)4-5-19(24)12-25(32)23-9-8-21(16-31-23)18-6-7-20-11-22(15-30)34-26(20)13-18;1-2/h4-13,16H,1-3H3;1-2H3. The molecule has 2 aromatic carbocycles. The third-order valence-corrected chi connectivity index (χ3v) is 5.50. The van der Waals surface area contributed by atoms with Crippen LogP contribution in [0.5, 0.6) is 0 Å². The molecule has 0 spiro atoms. The summed E-state index contributed by atoms with van der Waals surface area (Å²) in [5.41, 5.74) is 3.86. The van der Waals surface area contributed by atoms with Crippen molar-refractivity contribution < 1.29 is 13.9 Å². The highest BCUT2D eigenvalue weighted by atomic mass is 16.6. The predicted molar refractivity (Wildman–Crippen MR) is 143 cm³/mol. The number of carbonyl (C=O) groups excluding carboxylic acids is 1. The highest BCUT2D eigenvalue weighted by Gasteiger charge is 2.23. The number of ether oxygens (including phenoxy) is 1. The first-order valence-electron chi connectivity index (χ1n) is 12.0. The lowest BCUT2D eigenvalue weighted by Gasteiger charge is -2.21. The van der Waals surface area contributed by atoms with Crippen molar-refractivity contribution in [2.24, 2.45) is 0 Å². The van der Waals surface area contributed by atoms with Crippen LogP contribution in [0.4, 0.5) is 4.79 Å². The number of hydrogen-bond acceptors (Lipinski definition) is 6. The second-order valence-corrected chi connectivity index (χ2v) is 9.14. The molecule has 7 nitrogen and oxygen atoms in total. The van der Waals surface area contributed by atoms with Gasteiger partial charge in [0.2, 0.25) is 5.76 Å². The lowest BCUT2D eigenvalue weighted by Crippen LogP contribution is -2.27. The van der Waals surface area contributed by atoms with Gasteiger partial charge in [-0.05, 0) is 56.7 Å². The Kier molecular flexibility index (Phi) is 6.82. The molecule has 37 heavy (non-hydrogen) atoms. The highest BCUT2D eigenvalue weighted by Crippen LogP contribution is 2.31. The Morgan fingerprint density at radius 2 is 1.65 bits per heavy atom. The fourth-order valence-corrected chi connectivity index (χ4v) is 3.95. The molecule has 0 atom stereocenters. The van der Waals surface area contributed by atoms with E-state index < -0.39 is 11.7 Å². The summed E-state index contributed by atoms with van der Waals surface area (Å²) in [5, 5.41) is 20.1. The Morgan fingerprint density at radius 3 is 2.30 bits per heavy atom. The molecule has 0 bridgehead atoms. The van der Waals surface area contributed by atoms with E-state index in [0.29, 0.717) is 28.1 Å². The molecule has 0 fully saturated rings. The van der Waals surface area contributed by atoms with Crippen LogP contribution in [-0.4, -0.2) is 21.2 Å². The Balaban J connectivity index is 0.00000156. The molecule has 0 N–H and O–H groups in total. The summed E-state index contributed by atoms with van der Waals surface area (Å²) in [7, 11) is 0. The first-order chi connectivity index (χ1) is 17.8. The van der Waals surface area contributed by atoms with E-state index in [2.05, 4.69) is 11.1 Å². The van der Waals surface area contributed by atoms with Crippen molar-refractivity contribution in [2.45, 2.75) is 40.2 Å². The monoisotopic (exact) mass is 490 g/mol. The first kappa shape index (κ1) is 25.2. The number of fused-ring (bicyclic) bond motifs is 2. The lowest BCUT2D eigenvalue weighted by atomic mass is 10.1. The molecule has 0 unspecified atom stereocenters. The third-order valence-electron chi connectivity index (χ3n) is 5.50. The van der Waals surface area contributed by atoms with Crippen LogP contribution in [-0.2, 0) is 4.74 Å². The van der Waals surface area contributed by atoms with E-state index in [1.165, 1.54) is 4.57 Å². The van der Waals surface area contributed by atoms with Gasteiger partial charge in [-0.3, -0.25) is 4.98 Å². The van der Waals surface area contributed by atoms with Crippen molar-refractivity contribution >= 4 is 28.0 Å². The van der Waals surface area contributed by atoms with Gasteiger partial charge in [0.1, 0.15) is 17.3 Å². The molecular weight excluding hydrogens is 464 g/mol. The van der Waals surface area contributed by atoms with Crippen molar-refractivity contribution in [3.63, 3.8) is 0 Å². The molecule has 3 aromatic heterocycles. The van der Waals surface area contributed by atoms with Gasteiger partial charge in [0.05, 0.1) is 28.5 Å². The number of carbonyl (C=O) groups is 1. The molecule has 3 heterocycles. The molecule has 7 heteroatoms. The van der Waals surface area contributed by atoms with Gasteiger partial charge in [0.25, 0.3) is 0 Å². The van der Waals surface area contributed by atoms with Gasteiger partial charge in [0.15, 0.2) is 0 Å². The third kappa shape index (κ3) is 5.07. The second kappa shape index (κ2) is 10.0. The van der Waals surface area contributed by atoms with Crippen molar-refractivity contribution in [3.8, 4) is 34.7 Å². The minimum atomic E-state index is -0.690. The number of pyridine rings is 1. The smallest absolute Gasteiger partial charge is 0.419 e. The summed E-state index contributed by atoms with van der Waals surface area (Å²) in [5.74, 6) is 0.264. The summed E-state index contributed by atoms with van der Waals surface area (Å²) in [4.78, 5) is 17.8. The van der Waals surface area contributed by atoms with E-state index >= 15 is 0 Å². The molecule has 0 aliphatic heterocycles. The van der Waals surface area contributed by atoms with E-state index in [-0.39, 0.29) is 5.76 Å². The summed E-state index contributed by atoms with van der Waals surface area (Å²) >= 11 is 0. The zero-order chi connectivity index (χ0) is 26.7. The molecule has 5 rings (SSSR count). The van der Waals surface area contributed by atoms with Crippen LogP contribution in [0.15, 0.2) is 71.3 Å². The number of nitriles is 2. The van der Waals surface area contributed by atoms with Gasteiger partial charge >= 0.3 is 6.09 Å². The van der Waals surface area contributed by atoms with Gasteiger partial charge in [-0.25, -0.2) is 9.36 Å². The van der Waals surface area contributed by atoms with E-state index in [0.717, 1.165) is 21.9 Å². The Hall–Kier alpha value is -4.88. The summed E-state index contributed by atoms with van der Waals surface area (Å²) in [6.45, 7) is 9.41. The zero-order valence-electron chi connectivity index (χ0n) is 21.4. The highest BCUT2D eigenvalue weighted by molar-refractivity contribution is 5.96. The maximum Gasteiger partial charge on any atom is 0.419 e. The Morgan fingerprint density at radius 1 is 0.919 bits per heavy atom. The van der Waals surface area contributed by atoms with E-state index in [1.807, 2.05) is 56.3 Å². The van der Waals surface area contributed by atoms with Crippen LogP contribution < -0.4 is 0 Å². The fourth-order valence-electron chi connectivity index (χ4n) is 3.95. The van der Waals surface area contributed by atoms with Crippen LogP contribution in [0.25, 0.3) is 44.4 Å². The van der Waals surface area contributed by atoms with Crippen molar-refractivity contribution in [2.75, 3.05) is 0 Å². The normalized spacial score (nSPS) is 10.9. The molecule has 0 radical (unpaired) electrons. The summed E-state index contributed by atoms with van der Waals surface area (Å²) in [6, 6.07) is 22.3. The molecule has 0 aliphatic rings. The minimum absolute atomic E-state index is 0.264. The average molecular weight is 491 g/mol. The van der Waals surface area contributed by atoms with Gasteiger partial charge in [-0.1, -0.05) is 38.1 Å². The Bertz CT molecular complexity index is 1690. The zero-order valence-corrected chi connectivity index (χ0v) is 21.4. The quantitative estimate of drug-likeness (QED) is 0.251. The fraction of sp³-hybridized carbons (Fsp3) is 0.200. The Labute approximate surface area is 215 Å². The van der Waals surface area contributed by atoms with Crippen LogP contribution in [0, 0.1) is 22.7 Å². The topological polar surface area (TPSA) is 105 Å². The first-order valence-corrected chi connectivity index (χ1v) is 12.0. The van der Waals surface area contributed by atoms with Crippen molar-refractivity contribution in [3.05, 3.63) is 78.2 Å². The lowest BCUT2D eigenvalue weighted by molar-refractivity contribution is 0.0547. The number of hydrogen-bond donors (Lipinski definition) is 0. The molecule has 0 amide bonds. The SMILES string of the molecule is CC.CC(C)(C)OC(=O)n1c(-c2ccc(-c3ccc4cc(C#N)oc4c3)cn2)cc2ccc(C#N)cc21. The molecule has 184 valence electrons. The molecule has 0 aliphatic carbocycles. The maximum atomic E-state index is 13.2. The van der Waals surface area contributed by atoms with Gasteiger partial charge in [-0.2, -0.15) is 10.5 Å². The van der Waals surface area contributed by atoms with E-state index in [4.69, 9.17) is 14.4 Å². The largest absolute Gasteiger partial charge is 0.446 e. The number of aromatic nitrogens is 2. The molecule has 0 saturated heterocycles. The van der Waals surface area contributed by atoms with Crippen LogP contribution in [0.2, 0.25) is 0 Å². The average Bonchev–Trinajstić information content (AvgIpc) is 3.49. The van der Waals surface area contributed by atoms with Crippen LogP contribution in [0.3, 0.4) is 0 Å². The van der Waals surface area contributed by atoms with Gasteiger partial charge in [-0.15, -0.1) is 0 Å². The van der Waals surface area contributed by atoms with Crippen LogP contribution in [0.1, 0.15) is 45.9 Å². The number of nitrogens with zero attached hydrogens (tertiary/aromatic N) is 4. The van der Waals surface area contributed by atoms with Gasteiger partial charge in [0, 0.05) is 28.6 Å². The number of furan rings is 1. The van der Waals surface area contributed by atoms with E-state index in [1.54, 1.807) is 51.2 Å². The summed E-state index contributed by atoms with van der Waals surface area (Å²) in [6.07, 6.45) is 1.18. The molecule has 5 aromatic rings. The summed E-state index contributed by atoms with van der Waals surface area (Å²) < 4.78 is 12.7.